The molecule has 0 bridgehead atoms. The van der Waals surface area contributed by atoms with Gasteiger partial charge >= 0.3 is 0 Å². The van der Waals surface area contributed by atoms with Crippen LogP contribution in [0.4, 0.5) is 0 Å². The van der Waals surface area contributed by atoms with Crippen LogP contribution in [0.25, 0.3) is 16.5 Å². The maximum atomic E-state index is 12.8. The highest BCUT2D eigenvalue weighted by Gasteiger charge is 2.19. The first-order chi connectivity index (χ1) is 11.7. The minimum Gasteiger partial charge on any atom is -0.360 e. The first kappa shape index (κ1) is 15.2. The maximum absolute atomic E-state index is 12.8. The van der Waals surface area contributed by atoms with Crippen LogP contribution in [0.2, 0.25) is 0 Å². The van der Waals surface area contributed by atoms with Crippen LogP contribution in [0.15, 0.2) is 65.3 Å². The van der Waals surface area contributed by atoms with E-state index in [9.17, 15) is 4.79 Å². The molecule has 0 saturated carbocycles. The molecule has 1 aromatic heterocycles. The smallest absolute Gasteiger partial charge is 0.254 e. The third-order valence-corrected chi connectivity index (χ3v) is 5.18. The number of benzene rings is 2. The van der Waals surface area contributed by atoms with E-state index < -0.39 is 0 Å². The van der Waals surface area contributed by atoms with Crippen molar-refractivity contribution in [3.63, 3.8) is 0 Å². The Morgan fingerprint density at radius 3 is 2.71 bits per heavy atom. The highest BCUT2D eigenvalue weighted by molar-refractivity contribution is 9.10. The number of H-pyrrole nitrogens is 1. The van der Waals surface area contributed by atoms with Gasteiger partial charge in [-0.05, 0) is 51.7 Å². The lowest BCUT2D eigenvalue weighted by molar-refractivity contribution is 0.0773. The van der Waals surface area contributed by atoms with Crippen LogP contribution in [-0.2, 0) is 0 Å². The second-order valence-electron chi connectivity index (χ2n) is 5.99. The van der Waals surface area contributed by atoms with Gasteiger partial charge < -0.3 is 9.88 Å². The summed E-state index contributed by atoms with van der Waals surface area (Å²) in [7, 11) is 0. The summed E-state index contributed by atoms with van der Waals surface area (Å²) >= 11 is 3.51. The molecule has 0 radical (unpaired) electrons. The molecule has 3 aromatic rings. The monoisotopic (exact) mass is 380 g/mol. The van der Waals surface area contributed by atoms with Gasteiger partial charge in [-0.3, -0.25) is 4.79 Å². The van der Waals surface area contributed by atoms with Crippen LogP contribution < -0.4 is 0 Å². The predicted octanol–water partition coefficient (Wildman–Crippen LogP) is 4.86. The van der Waals surface area contributed by atoms with Crippen LogP contribution in [-0.4, -0.2) is 28.9 Å². The van der Waals surface area contributed by atoms with Gasteiger partial charge in [0.25, 0.3) is 5.91 Å². The number of carbonyl (C=O) groups excluding carboxylic acids is 1. The van der Waals surface area contributed by atoms with Crippen LogP contribution in [0.3, 0.4) is 0 Å². The summed E-state index contributed by atoms with van der Waals surface area (Å²) in [4.78, 5) is 17.9. The molecule has 2 heterocycles. The van der Waals surface area contributed by atoms with Crippen LogP contribution in [0.5, 0.6) is 0 Å². The number of nitrogens with one attached hydrogen (secondary N) is 1. The van der Waals surface area contributed by atoms with Crippen molar-refractivity contribution < 1.29 is 4.79 Å². The Labute approximate surface area is 149 Å². The Morgan fingerprint density at radius 2 is 1.96 bits per heavy atom. The molecule has 0 unspecified atom stereocenters. The Balaban J connectivity index is 1.55. The van der Waals surface area contributed by atoms with E-state index in [4.69, 9.17) is 0 Å². The topological polar surface area (TPSA) is 36.1 Å². The number of rotatable bonds is 2. The maximum Gasteiger partial charge on any atom is 0.254 e. The molecule has 120 valence electrons. The quantitative estimate of drug-likeness (QED) is 0.676. The first-order valence-corrected chi connectivity index (χ1v) is 8.82. The second-order valence-corrected chi connectivity index (χ2v) is 6.85. The summed E-state index contributed by atoms with van der Waals surface area (Å²) in [6, 6.07) is 16.2. The molecule has 1 N–H and O–H groups in total. The van der Waals surface area contributed by atoms with E-state index in [2.05, 4.69) is 51.3 Å². The van der Waals surface area contributed by atoms with E-state index in [1.165, 1.54) is 11.1 Å². The van der Waals surface area contributed by atoms with Gasteiger partial charge in [0.1, 0.15) is 0 Å². The number of aromatic nitrogens is 1. The third kappa shape index (κ3) is 2.78. The number of hydrogen-bond donors (Lipinski definition) is 1. The molecule has 0 saturated heterocycles. The third-order valence-electron chi connectivity index (χ3n) is 4.52. The summed E-state index contributed by atoms with van der Waals surface area (Å²) in [5.41, 5.74) is 4.34. The molecule has 1 aliphatic heterocycles. The van der Waals surface area contributed by atoms with Gasteiger partial charge in [-0.15, -0.1) is 0 Å². The van der Waals surface area contributed by atoms with E-state index in [0.29, 0.717) is 6.54 Å². The van der Waals surface area contributed by atoms with Crippen molar-refractivity contribution in [3.8, 4) is 0 Å². The number of fused-ring (bicyclic) bond motifs is 1. The molecule has 4 heteroatoms. The number of aromatic amines is 1. The van der Waals surface area contributed by atoms with Gasteiger partial charge in [0.15, 0.2) is 0 Å². The minimum atomic E-state index is 0.0911. The zero-order chi connectivity index (χ0) is 16.5. The largest absolute Gasteiger partial charge is 0.360 e. The van der Waals surface area contributed by atoms with Crippen molar-refractivity contribution in [1.82, 2.24) is 9.88 Å². The molecule has 1 aliphatic rings. The Morgan fingerprint density at radius 1 is 1.12 bits per heavy atom. The van der Waals surface area contributed by atoms with Crippen molar-refractivity contribution in [2.75, 3.05) is 13.1 Å². The Bertz CT molecular complexity index is 927. The Hall–Kier alpha value is -2.33. The summed E-state index contributed by atoms with van der Waals surface area (Å²) in [5.74, 6) is 0.0911. The van der Waals surface area contributed by atoms with Crippen molar-refractivity contribution >= 4 is 38.3 Å². The molecule has 0 atom stereocenters. The lowest BCUT2D eigenvalue weighted by Gasteiger charge is -2.27. The molecule has 4 rings (SSSR count). The standard InChI is InChI=1S/C20H17BrN2O/c21-18-13-22-19-7-6-16(12-17(18)19)20(24)23-10-8-15(9-11-23)14-4-2-1-3-5-14/h1-8,12-13,22H,9-11H2. The fourth-order valence-electron chi connectivity index (χ4n) is 3.17. The molecular weight excluding hydrogens is 364 g/mol. The summed E-state index contributed by atoms with van der Waals surface area (Å²) in [5, 5.41) is 1.04. The molecule has 1 amide bonds. The van der Waals surface area contributed by atoms with Gasteiger partial charge in [0.2, 0.25) is 0 Å². The average Bonchev–Trinajstić information content (AvgIpc) is 3.02. The van der Waals surface area contributed by atoms with E-state index in [1.807, 2.05) is 35.4 Å². The SMILES string of the molecule is O=C(c1ccc2[nH]cc(Br)c2c1)N1CC=C(c2ccccc2)CC1. The van der Waals surface area contributed by atoms with E-state index >= 15 is 0 Å². The average molecular weight is 381 g/mol. The fourth-order valence-corrected chi connectivity index (χ4v) is 3.61. The van der Waals surface area contributed by atoms with Gasteiger partial charge in [-0.2, -0.15) is 0 Å². The zero-order valence-electron chi connectivity index (χ0n) is 13.1. The van der Waals surface area contributed by atoms with Gasteiger partial charge in [-0.1, -0.05) is 36.4 Å². The van der Waals surface area contributed by atoms with Crippen LogP contribution in [0.1, 0.15) is 22.3 Å². The second kappa shape index (κ2) is 6.29. The molecule has 0 fully saturated rings. The van der Waals surface area contributed by atoms with Crippen molar-refractivity contribution in [1.29, 1.82) is 0 Å². The van der Waals surface area contributed by atoms with Crippen molar-refractivity contribution in [3.05, 3.63) is 76.4 Å². The molecule has 24 heavy (non-hydrogen) atoms. The minimum absolute atomic E-state index is 0.0911. The lowest BCUT2D eigenvalue weighted by atomic mass is 9.99. The van der Waals surface area contributed by atoms with Crippen molar-refractivity contribution in [2.45, 2.75) is 6.42 Å². The summed E-state index contributed by atoms with van der Waals surface area (Å²) in [6.07, 6.45) is 4.96. The molecule has 3 nitrogen and oxygen atoms in total. The van der Waals surface area contributed by atoms with Gasteiger partial charge in [0, 0.05) is 40.2 Å². The number of amides is 1. The Kier molecular flexibility index (Phi) is 3.98. The highest BCUT2D eigenvalue weighted by atomic mass is 79.9. The lowest BCUT2D eigenvalue weighted by Crippen LogP contribution is -2.34. The number of nitrogens with zero attached hydrogens (tertiary/aromatic N) is 1. The van der Waals surface area contributed by atoms with Crippen LogP contribution in [0, 0.1) is 0 Å². The predicted molar refractivity (Wildman–Crippen MR) is 101 cm³/mol. The molecular formula is C20H17BrN2O. The fraction of sp³-hybridized carbons (Fsp3) is 0.150. The molecule has 0 aliphatic carbocycles. The molecule has 0 spiro atoms. The normalized spacial score (nSPS) is 14.7. The first-order valence-electron chi connectivity index (χ1n) is 8.03. The number of carbonyl (C=O) groups is 1. The van der Waals surface area contributed by atoms with Crippen LogP contribution >= 0.6 is 15.9 Å². The molecule has 2 aromatic carbocycles. The number of halogens is 1. The van der Waals surface area contributed by atoms with E-state index in [0.717, 1.165) is 33.9 Å². The summed E-state index contributed by atoms with van der Waals surface area (Å²) in [6.45, 7) is 1.42. The van der Waals surface area contributed by atoms with Gasteiger partial charge in [-0.25, -0.2) is 0 Å². The number of hydrogen-bond acceptors (Lipinski definition) is 1. The highest BCUT2D eigenvalue weighted by Crippen LogP contribution is 2.26. The zero-order valence-corrected chi connectivity index (χ0v) is 14.7. The summed E-state index contributed by atoms with van der Waals surface area (Å²) < 4.78 is 0.983. The van der Waals surface area contributed by atoms with Crippen molar-refractivity contribution in [2.24, 2.45) is 0 Å². The van der Waals surface area contributed by atoms with E-state index in [-0.39, 0.29) is 5.91 Å². The van der Waals surface area contributed by atoms with E-state index in [1.54, 1.807) is 0 Å². The van der Waals surface area contributed by atoms with Gasteiger partial charge in [0.05, 0.1) is 0 Å².